The van der Waals surface area contributed by atoms with Crippen molar-refractivity contribution in [3.63, 3.8) is 0 Å². The van der Waals surface area contributed by atoms with Crippen LogP contribution in [0.2, 0.25) is 0 Å². The molecule has 0 saturated heterocycles. The molecule has 0 N–H and O–H groups in total. The van der Waals surface area contributed by atoms with Crippen molar-refractivity contribution in [1.82, 2.24) is 0 Å². The first-order chi connectivity index (χ1) is 7.63. The lowest BCUT2D eigenvalue weighted by atomic mass is 9.90. The van der Waals surface area contributed by atoms with Crippen LogP contribution in [-0.2, 0) is 5.16 Å². The monoisotopic (exact) mass is 258 g/mol. The Morgan fingerprint density at radius 2 is 1.94 bits per heavy atom. The Labute approximate surface area is 105 Å². The standard InChI is InChI=1S/C13H20ClOP/c1-5-13(6-2,16-14)11-9-10(3)7-8-12(11)15-4/h7-9,16H,5-6H2,1-4H3. The first-order valence-electron chi connectivity index (χ1n) is 5.66. The molecule has 1 aromatic carbocycles. The average molecular weight is 259 g/mol. The van der Waals surface area contributed by atoms with Crippen LogP contribution in [0.1, 0.15) is 37.8 Å². The van der Waals surface area contributed by atoms with Gasteiger partial charge in [-0.05, 0) is 33.8 Å². The second kappa shape index (κ2) is 5.89. The molecule has 0 heterocycles. The molecular weight excluding hydrogens is 239 g/mol. The van der Waals surface area contributed by atoms with Gasteiger partial charge in [-0.1, -0.05) is 42.8 Å². The molecule has 1 unspecified atom stereocenters. The van der Waals surface area contributed by atoms with Crippen molar-refractivity contribution in [3.05, 3.63) is 29.3 Å². The zero-order valence-corrected chi connectivity index (χ0v) is 12.2. The number of hydrogen-bond donors (Lipinski definition) is 0. The maximum Gasteiger partial charge on any atom is 0.123 e. The molecule has 16 heavy (non-hydrogen) atoms. The predicted molar refractivity (Wildman–Crippen MR) is 74.2 cm³/mol. The highest BCUT2D eigenvalue weighted by Crippen LogP contribution is 2.52. The van der Waals surface area contributed by atoms with Gasteiger partial charge in [0.15, 0.2) is 0 Å². The smallest absolute Gasteiger partial charge is 0.123 e. The van der Waals surface area contributed by atoms with Crippen LogP contribution in [-0.4, -0.2) is 7.11 Å². The molecule has 1 aromatic rings. The van der Waals surface area contributed by atoms with Crippen LogP contribution in [0.25, 0.3) is 0 Å². The maximum atomic E-state index is 6.21. The van der Waals surface area contributed by atoms with Crippen molar-refractivity contribution in [2.24, 2.45) is 0 Å². The third-order valence-electron chi connectivity index (χ3n) is 3.26. The minimum atomic E-state index is 0.0684. The Kier molecular flexibility index (Phi) is 5.08. The van der Waals surface area contributed by atoms with E-state index in [4.69, 9.17) is 16.0 Å². The fourth-order valence-corrected chi connectivity index (χ4v) is 3.68. The summed E-state index contributed by atoms with van der Waals surface area (Å²) in [5.41, 5.74) is 2.52. The highest BCUT2D eigenvalue weighted by Gasteiger charge is 2.30. The number of rotatable bonds is 5. The Balaban J connectivity index is 3.32. The van der Waals surface area contributed by atoms with Gasteiger partial charge in [0, 0.05) is 10.7 Å². The number of halogens is 1. The summed E-state index contributed by atoms with van der Waals surface area (Å²) in [4.78, 5) is 0. The number of benzene rings is 1. The van der Waals surface area contributed by atoms with Crippen LogP contribution < -0.4 is 4.74 Å². The fraction of sp³-hybridized carbons (Fsp3) is 0.538. The largest absolute Gasteiger partial charge is 0.496 e. The first-order valence-corrected chi connectivity index (χ1v) is 7.67. The van der Waals surface area contributed by atoms with E-state index in [0.717, 1.165) is 18.6 Å². The molecule has 0 amide bonds. The van der Waals surface area contributed by atoms with Crippen LogP contribution in [0.15, 0.2) is 18.2 Å². The Hall–Kier alpha value is -0.260. The number of ether oxygens (including phenoxy) is 1. The molecule has 0 bridgehead atoms. The fourth-order valence-electron chi connectivity index (χ4n) is 2.01. The summed E-state index contributed by atoms with van der Waals surface area (Å²) in [5.74, 6) is 0.961. The second-order valence-electron chi connectivity index (χ2n) is 4.09. The van der Waals surface area contributed by atoms with Crippen LogP contribution in [0, 0.1) is 6.92 Å². The van der Waals surface area contributed by atoms with E-state index in [1.807, 2.05) is 6.07 Å². The predicted octanol–water partition coefficient (Wildman–Crippen LogP) is 4.85. The number of aryl methyl sites for hydroxylation is 1. The second-order valence-corrected chi connectivity index (χ2v) is 5.80. The van der Waals surface area contributed by atoms with Gasteiger partial charge in [0.25, 0.3) is 0 Å². The van der Waals surface area contributed by atoms with Gasteiger partial charge in [0.1, 0.15) is 5.75 Å². The van der Waals surface area contributed by atoms with E-state index in [2.05, 4.69) is 32.9 Å². The van der Waals surface area contributed by atoms with Gasteiger partial charge >= 0.3 is 0 Å². The third-order valence-corrected chi connectivity index (χ3v) is 5.68. The van der Waals surface area contributed by atoms with Gasteiger partial charge in [0.05, 0.1) is 7.11 Å². The average Bonchev–Trinajstić information content (AvgIpc) is 2.32. The summed E-state index contributed by atoms with van der Waals surface area (Å²) >= 11 is 6.21. The van der Waals surface area contributed by atoms with E-state index in [1.165, 1.54) is 11.1 Å². The highest BCUT2D eigenvalue weighted by atomic mass is 35.7. The molecule has 1 atom stereocenters. The van der Waals surface area contributed by atoms with E-state index in [1.54, 1.807) is 7.11 Å². The zero-order valence-electron chi connectivity index (χ0n) is 10.4. The van der Waals surface area contributed by atoms with Crippen molar-refractivity contribution in [2.45, 2.75) is 38.8 Å². The lowest BCUT2D eigenvalue weighted by molar-refractivity contribution is 0.399. The van der Waals surface area contributed by atoms with Crippen LogP contribution >= 0.6 is 19.2 Å². The van der Waals surface area contributed by atoms with Crippen LogP contribution in [0.5, 0.6) is 5.75 Å². The quantitative estimate of drug-likeness (QED) is 0.686. The van der Waals surface area contributed by atoms with E-state index < -0.39 is 0 Å². The molecule has 1 nitrogen and oxygen atoms in total. The van der Waals surface area contributed by atoms with Crippen molar-refractivity contribution < 1.29 is 4.74 Å². The summed E-state index contributed by atoms with van der Waals surface area (Å²) < 4.78 is 5.46. The van der Waals surface area contributed by atoms with Gasteiger partial charge in [-0.2, -0.15) is 0 Å². The molecule has 0 radical (unpaired) electrons. The lowest BCUT2D eigenvalue weighted by Crippen LogP contribution is -2.18. The molecule has 90 valence electrons. The molecule has 0 aromatic heterocycles. The summed E-state index contributed by atoms with van der Waals surface area (Å²) in [6, 6.07) is 6.33. The summed E-state index contributed by atoms with van der Waals surface area (Å²) in [6.07, 6.45) is 2.09. The summed E-state index contributed by atoms with van der Waals surface area (Å²) in [5, 5.41) is 0.0684. The molecule has 0 aliphatic heterocycles. The van der Waals surface area contributed by atoms with Gasteiger partial charge in [-0.25, -0.2) is 0 Å². The van der Waals surface area contributed by atoms with Gasteiger partial charge in [-0.15, -0.1) is 0 Å². The Bertz CT molecular complexity index is 340. The lowest BCUT2D eigenvalue weighted by Gasteiger charge is -2.31. The van der Waals surface area contributed by atoms with E-state index in [9.17, 15) is 0 Å². The maximum absolute atomic E-state index is 6.21. The molecule has 0 saturated carbocycles. The van der Waals surface area contributed by atoms with Crippen molar-refractivity contribution >= 4 is 19.2 Å². The van der Waals surface area contributed by atoms with Crippen LogP contribution in [0.3, 0.4) is 0 Å². The van der Waals surface area contributed by atoms with Crippen molar-refractivity contribution in [2.75, 3.05) is 7.11 Å². The highest BCUT2D eigenvalue weighted by molar-refractivity contribution is 7.69. The van der Waals surface area contributed by atoms with Gasteiger partial charge < -0.3 is 4.74 Å². The van der Waals surface area contributed by atoms with E-state index >= 15 is 0 Å². The molecule has 0 aliphatic carbocycles. The first kappa shape index (κ1) is 13.8. The Morgan fingerprint density at radius 1 is 1.31 bits per heavy atom. The third kappa shape index (κ3) is 2.52. The number of hydrogen-bond acceptors (Lipinski definition) is 1. The normalized spacial score (nSPS) is 12.3. The zero-order chi connectivity index (χ0) is 12.2. The summed E-state index contributed by atoms with van der Waals surface area (Å²) in [7, 11) is 2.11. The Morgan fingerprint density at radius 3 is 2.38 bits per heavy atom. The minimum Gasteiger partial charge on any atom is -0.496 e. The van der Waals surface area contributed by atoms with Gasteiger partial charge in [-0.3, -0.25) is 0 Å². The molecule has 3 heteroatoms. The topological polar surface area (TPSA) is 9.23 Å². The molecular formula is C13H20ClOP. The molecule has 0 aliphatic rings. The molecule has 0 spiro atoms. The number of methoxy groups -OCH3 is 1. The van der Waals surface area contributed by atoms with Crippen molar-refractivity contribution in [1.29, 1.82) is 0 Å². The molecule has 0 fully saturated rings. The van der Waals surface area contributed by atoms with Crippen molar-refractivity contribution in [3.8, 4) is 5.75 Å². The van der Waals surface area contributed by atoms with Gasteiger partial charge in [0.2, 0.25) is 0 Å². The minimum absolute atomic E-state index is 0.0684. The summed E-state index contributed by atoms with van der Waals surface area (Å²) in [6.45, 7) is 6.50. The van der Waals surface area contributed by atoms with E-state index in [0.29, 0.717) is 7.93 Å². The van der Waals surface area contributed by atoms with Crippen LogP contribution in [0.4, 0.5) is 0 Å². The molecule has 1 rings (SSSR count). The van der Waals surface area contributed by atoms with E-state index in [-0.39, 0.29) is 5.16 Å². The SMILES string of the molecule is CCC(CC)(PCl)c1cc(C)ccc1OC.